The molecule has 1 aromatic heterocycles. The summed E-state index contributed by atoms with van der Waals surface area (Å²) in [5.41, 5.74) is 8.07. The van der Waals surface area contributed by atoms with Crippen LogP contribution in [0.1, 0.15) is 39.9 Å². The summed E-state index contributed by atoms with van der Waals surface area (Å²) in [7, 11) is 0. The summed E-state index contributed by atoms with van der Waals surface area (Å²) < 4.78 is 2.13. The number of halogens is 1. The molecule has 108 valence electrons. The van der Waals surface area contributed by atoms with Crippen LogP contribution < -0.4 is 5.73 Å². The highest BCUT2D eigenvalue weighted by molar-refractivity contribution is 6.30. The van der Waals surface area contributed by atoms with E-state index in [0.29, 0.717) is 10.8 Å². The molecule has 2 aromatic rings. The van der Waals surface area contributed by atoms with Crippen molar-refractivity contribution in [2.75, 3.05) is 5.73 Å². The summed E-state index contributed by atoms with van der Waals surface area (Å²) in [5, 5.41) is 0.698. The van der Waals surface area contributed by atoms with Crippen molar-refractivity contribution in [3.05, 3.63) is 35.1 Å². The molecule has 0 aliphatic carbocycles. The van der Waals surface area contributed by atoms with Crippen LogP contribution in [0.25, 0.3) is 11.3 Å². The summed E-state index contributed by atoms with van der Waals surface area (Å²) in [6.45, 7) is 8.58. The number of nitrogens with two attached hydrogens (primary N) is 1. The van der Waals surface area contributed by atoms with E-state index >= 15 is 0 Å². The third-order valence-corrected chi connectivity index (χ3v) is 3.46. The molecule has 0 aliphatic heterocycles. The summed E-state index contributed by atoms with van der Waals surface area (Å²) >= 11 is 6.07. The molecule has 0 radical (unpaired) electrons. The summed E-state index contributed by atoms with van der Waals surface area (Å²) in [6, 6.07) is 7.68. The van der Waals surface area contributed by atoms with Crippen molar-refractivity contribution in [1.29, 1.82) is 0 Å². The molecule has 0 aliphatic rings. The zero-order valence-electron chi connectivity index (χ0n) is 12.6. The third kappa shape index (κ3) is 2.83. The molecule has 1 heterocycles. The monoisotopic (exact) mass is 291 g/mol. The van der Waals surface area contributed by atoms with Crippen molar-refractivity contribution in [2.45, 2.75) is 46.1 Å². The van der Waals surface area contributed by atoms with E-state index in [4.69, 9.17) is 22.3 Å². The fraction of sp³-hybridized carbons (Fsp3) is 0.438. The molecule has 0 saturated heterocycles. The van der Waals surface area contributed by atoms with Gasteiger partial charge in [-0.3, -0.25) is 0 Å². The van der Waals surface area contributed by atoms with E-state index in [1.54, 1.807) is 0 Å². The highest BCUT2D eigenvalue weighted by Gasteiger charge is 2.24. The molecule has 0 unspecified atom stereocenters. The van der Waals surface area contributed by atoms with Crippen molar-refractivity contribution >= 4 is 17.4 Å². The highest BCUT2D eigenvalue weighted by atomic mass is 35.5. The van der Waals surface area contributed by atoms with E-state index in [-0.39, 0.29) is 5.54 Å². The molecule has 2 rings (SSSR count). The Morgan fingerprint density at radius 3 is 2.55 bits per heavy atom. The lowest BCUT2D eigenvalue weighted by atomic mass is 10.1. The van der Waals surface area contributed by atoms with E-state index in [1.165, 1.54) is 0 Å². The van der Waals surface area contributed by atoms with Crippen molar-refractivity contribution in [3.63, 3.8) is 0 Å². The predicted octanol–water partition coefficient (Wildman–Crippen LogP) is 4.49. The van der Waals surface area contributed by atoms with Crippen LogP contribution in [0.5, 0.6) is 0 Å². The zero-order chi connectivity index (χ0) is 14.9. The van der Waals surface area contributed by atoms with Gasteiger partial charge in [-0.1, -0.05) is 30.7 Å². The Bertz CT molecular complexity index is 609. The van der Waals surface area contributed by atoms with E-state index in [0.717, 1.165) is 29.9 Å². The molecule has 2 N–H and O–H groups in total. The molecular formula is C16H22ClN3. The van der Waals surface area contributed by atoms with Gasteiger partial charge in [-0.05, 0) is 39.3 Å². The molecule has 0 spiro atoms. The fourth-order valence-corrected chi connectivity index (χ4v) is 2.66. The Kier molecular flexibility index (Phi) is 4.09. The maximum Gasteiger partial charge on any atom is 0.132 e. The average molecular weight is 292 g/mol. The van der Waals surface area contributed by atoms with Crippen LogP contribution in [0.2, 0.25) is 5.02 Å². The Labute approximate surface area is 125 Å². The number of benzene rings is 1. The van der Waals surface area contributed by atoms with E-state index in [1.807, 2.05) is 24.3 Å². The van der Waals surface area contributed by atoms with Crippen LogP contribution in [0, 0.1) is 0 Å². The van der Waals surface area contributed by atoms with Crippen LogP contribution in [0.3, 0.4) is 0 Å². The number of nitrogens with zero attached hydrogens (tertiary/aromatic N) is 2. The van der Waals surface area contributed by atoms with Gasteiger partial charge >= 0.3 is 0 Å². The van der Waals surface area contributed by atoms with Gasteiger partial charge in [0.2, 0.25) is 0 Å². The van der Waals surface area contributed by atoms with Gasteiger partial charge in [0.05, 0.1) is 0 Å². The molecule has 20 heavy (non-hydrogen) atoms. The van der Waals surface area contributed by atoms with Gasteiger partial charge in [0.15, 0.2) is 0 Å². The Balaban J connectivity index is 2.61. The van der Waals surface area contributed by atoms with E-state index < -0.39 is 0 Å². The number of hydrogen-bond acceptors (Lipinski definition) is 2. The number of anilines is 1. The largest absolute Gasteiger partial charge is 0.383 e. The molecule has 0 bridgehead atoms. The number of nitrogen functional groups attached to an aromatic ring is 1. The predicted molar refractivity (Wildman–Crippen MR) is 86.1 cm³/mol. The van der Waals surface area contributed by atoms with Gasteiger partial charge in [0.1, 0.15) is 17.3 Å². The highest BCUT2D eigenvalue weighted by Crippen LogP contribution is 2.32. The topological polar surface area (TPSA) is 43.8 Å². The van der Waals surface area contributed by atoms with Crippen molar-refractivity contribution in [3.8, 4) is 11.3 Å². The first-order valence-corrected chi connectivity index (χ1v) is 7.36. The second kappa shape index (κ2) is 5.49. The third-order valence-electron chi connectivity index (χ3n) is 3.22. The Hall–Kier alpha value is -1.48. The number of aryl methyl sites for hydroxylation is 1. The van der Waals surface area contributed by atoms with E-state index in [9.17, 15) is 0 Å². The summed E-state index contributed by atoms with van der Waals surface area (Å²) in [5.74, 6) is 1.75. The van der Waals surface area contributed by atoms with Gasteiger partial charge in [0, 0.05) is 22.5 Å². The molecule has 0 saturated carbocycles. The van der Waals surface area contributed by atoms with Crippen molar-refractivity contribution in [2.24, 2.45) is 0 Å². The maximum absolute atomic E-state index is 6.36. The Morgan fingerprint density at radius 1 is 1.30 bits per heavy atom. The van der Waals surface area contributed by atoms with Crippen molar-refractivity contribution < 1.29 is 0 Å². The summed E-state index contributed by atoms with van der Waals surface area (Å²) in [4.78, 5) is 4.76. The fourth-order valence-electron chi connectivity index (χ4n) is 2.47. The normalized spacial score (nSPS) is 11.8. The molecule has 0 atom stereocenters. The zero-order valence-corrected chi connectivity index (χ0v) is 13.3. The lowest BCUT2D eigenvalue weighted by Crippen LogP contribution is -2.25. The molecule has 0 amide bonds. The SMILES string of the molecule is CCCc1nc(-c2cccc(Cl)c2)c(N)n1C(C)(C)C. The minimum Gasteiger partial charge on any atom is -0.383 e. The molecular weight excluding hydrogens is 270 g/mol. The van der Waals surface area contributed by atoms with Crippen molar-refractivity contribution in [1.82, 2.24) is 9.55 Å². The second-order valence-electron chi connectivity index (χ2n) is 6.03. The van der Waals surface area contributed by atoms with Crippen LogP contribution in [-0.4, -0.2) is 9.55 Å². The summed E-state index contributed by atoms with van der Waals surface area (Å²) in [6.07, 6.45) is 1.96. The quantitative estimate of drug-likeness (QED) is 0.905. The number of rotatable bonds is 3. The second-order valence-corrected chi connectivity index (χ2v) is 6.46. The number of aromatic nitrogens is 2. The number of imidazole rings is 1. The lowest BCUT2D eigenvalue weighted by molar-refractivity contribution is 0.387. The molecule has 0 fully saturated rings. The maximum atomic E-state index is 6.36. The Morgan fingerprint density at radius 2 is 2.00 bits per heavy atom. The van der Waals surface area contributed by atoms with Crippen LogP contribution in [0.15, 0.2) is 24.3 Å². The molecule has 3 nitrogen and oxygen atoms in total. The minimum atomic E-state index is -0.0849. The van der Waals surface area contributed by atoms with E-state index in [2.05, 4.69) is 32.3 Å². The minimum absolute atomic E-state index is 0.0849. The van der Waals surface area contributed by atoms with Gasteiger partial charge in [-0.2, -0.15) is 0 Å². The molecule has 4 heteroatoms. The lowest BCUT2D eigenvalue weighted by Gasteiger charge is -2.25. The van der Waals surface area contributed by atoms with Gasteiger partial charge < -0.3 is 10.3 Å². The van der Waals surface area contributed by atoms with Crippen LogP contribution >= 0.6 is 11.6 Å². The smallest absolute Gasteiger partial charge is 0.132 e. The van der Waals surface area contributed by atoms with Crippen LogP contribution in [-0.2, 0) is 12.0 Å². The first-order valence-electron chi connectivity index (χ1n) is 6.98. The first-order chi connectivity index (χ1) is 9.34. The van der Waals surface area contributed by atoms with Gasteiger partial charge in [0.25, 0.3) is 0 Å². The standard InChI is InChI=1S/C16H22ClN3/c1-5-7-13-19-14(11-8-6-9-12(17)10-11)15(18)20(13)16(2,3)4/h6,8-10H,5,7,18H2,1-4H3. The van der Waals surface area contributed by atoms with Gasteiger partial charge in [-0.15, -0.1) is 0 Å². The van der Waals surface area contributed by atoms with Crippen LogP contribution in [0.4, 0.5) is 5.82 Å². The first kappa shape index (κ1) is 14.9. The number of hydrogen-bond donors (Lipinski definition) is 1. The van der Waals surface area contributed by atoms with Gasteiger partial charge in [-0.25, -0.2) is 4.98 Å². The average Bonchev–Trinajstić information content (AvgIpc) is 2.66. The molecule has 1 aromatic carbocycles.